The van der Waals surface area contributed by atoms with Crippen LogP contribution in [0.5, 0.6) is 0 Å². The predicted molar refractivity (Wildman–Crippen MR) is 44.8 cm³/mol. The minimum Gasteiger partial charge on any atom is -0.353 e. The van der Waals surface area contributed by atoms with E-state index in [9.17, 15) is 4.79 Å². The average Bonchev–Trinajstić information content (AvgIpc) is 2.51. The maximum Gasteiger partial charge on any atom is 0.174 e. The SMILES string of the molecule is COC(C)(OC)C1CCCC1=O. The summed E-state index contributed by atoms with van der Waals surface area (Å²) in [5.74, 6) is -0.526. The quantitative estimate of drug-likeness (QED) is 0.603. The van der Waals surface area contributed by atoms with Crippen molar-refractivity contribution < 1.29 is 14.3 Å². The van der Waals surface area contributed by atoms with Gasteiger partial charge in [-0.2, -0.15) is 0 Å². The molecule has 0 saturated heterocycles. The molecule has 3 heteroatoms. The zero-order valence-electron chi connectivity index (χ0n) is 7.92. The van der Waals surface area contributed by atoms with E-state index in [-0.39, 0.29) is 11.7 Å². The highest BCUT2D eigenvalue weighted by Crippen LogP contribution is 2.33. The lowest BCUT2D eigenvalue weighted by molar-refractivity contribution is -0.222. The molecule has 1 fully saturated rings. The summed E-state index contributed by atoms with van der Waals surface area (Å²) in [5, 5.41) is 0. The lowest BCUT2D eigenvalue weighted by atomic mass is 9.97. The third-order valence-corrected chi connectivity index (χ3v) is 2.75. The number of carbonyl (C=O) groups is 1. The number of rotatable bonds is 3. The topological polar surface area (TPSA) is 35.5 Å². The van der Waals surface area contributed by atoms with Crippen molar-refractivity contribution in [1.29, 1.82) is 0 Å². The summed E-state index contributed by atoms with van der Waals surface area (Å²) in [6, 6.07) is 0. The van der Waals surface area contributed by atoms with Gasteiger partial charge in [-0.05, 0) is 19.8 Å². The van der Waals surface area contributed by atoms with Crippen LogP contribution in [0.4, 0.5) is 0 Å². The fraction of sp³-hybridized carbons (Fsp3) is 0.889. The summed E-state index contributed by atoms with van der Waals surface area (Å²) >= 11 is 0. The van der Waals surface area contributed by atoms with Crippen LogP contribution in [0.2, 0.25) is 0 Å². The van der Waals surface area contributed by atoms with E-state index >= 15 is 0 Å². The molecule has 0 aromatic rings. The van der Waals surface area contributed by atoms with Crippen molar-refractivity contribution in [2.75, 3.05) is 14.2 Å². The number of methoxy groups -OCH3 is 2. The van der Waals surface area contributed by atoms with E-state index in [4.69, 9.17) is 9.47 Å². The Morgan fingerprint density at radius 3 is 2.33 bits per heavy atom. The lowest BCUT2D eigenvalue weighted by Gasteiger charge is -2.31. The van der Waals surface area contributed by atoms with Crippen LogP contribution < -0.4 is 0 Å². The third-order valence-electron chi connectivity index (χ3n) is 2.75. The molecule has 1 aliphatic carbocycles. The van der Waals surface area contributed by atoms with Gasteiger partial charge in [0, 0.05) is 20.6 Å². The second kappa shape index (κ2) is 3.54. The van der Waals surface area contributed by atoms with E-state index in [1.165, 1.54) is 0 Å². The van der Waals surface area contributed by atoms with Crippen LogP contribution in [0.3, 0.4) is 0 Å². The number of hydrogen-bond acceptors (Lipinski definition) is 3. The molecule has 0 amide bonds. The summed E-state index contributed by atoms with van der Waals surface area (Å²) in [6.07, 6.45) is 2.52. The molecule has 0 spiro atoms. The van der Waals surface area contributed by atoms with E-state index in [0.717, 1.165) is 12.8 Å². The maximum absolute atomic E-state index is 11.4. The first-order valence-electron chi connectivity index (χ1n) is 4.27. The Morgan fingerprint density at radius 2 is 2.00 bits per heavy atom. The van der Waals surface area contributed by atoms with Gasteiger partial charge in [0.25, 0.3) is 0 Å². The van der Waals surface area contributed by atoms with Crippen LogP contribution in [0, 0.1) is 5.92 Å². The third kappa shape index (κ3) is 1.52. The van der Waals surface area contributed by atoms with Crippen LogP contribution in [-0.2, 0) is 14.3 Å². The largest absolute Gasteiger partial charge is 0.353 e. The molecule has 0 heterocycles. The monoisotopic (exact) mass is 172 g/mol. The predicted octanol–water partition coefficient (Wildman–Crippen LogP) is 1.36. The summed E-state index contributed by atoms with van der Waals surface area (Å²) in [6.45, 7) is 1.82. The van der Waals surface area contributed by atoms with Gasteiger partial charge in [0.2, 0.25) is 0 Å². The highest BCUT2D eigenvalue weighted by Gasteiger charge is 2.41. The first-order valence-corrected chi connectivity index (χ1v) is 4.27. The summed E-state index contributed by atoms with van der Waals surface area (Å²) < 4.78 is 10.4. The number of hydrogen-bond donors (Lipinski definition) is 0. The van der Waals surface area contributed by atoms with E-state index in [1.807, 2.05) is 6.92 Å². The van der Waals surface area contributed by atoms with Gasteiger partial charge in [-0.3, -0.25) is 4.79 Å². The average molecular weight is 172 g/mol. The Balaban J connectivity index is 2.71. The second-order valence-electron chi connectivity index (χ2n) is 3.34. The normalized spacial score (nSPS) is 24.9. The van der Waals surface area contributed by atoms with E-state index in [0.29, 0.717) is 6.42 Å². The van der Waals surface area contributed by atoms with Gasteiger partial charge in [0.05, 0.1) is 5.92 Å². The van der Waals surface area contributed by atoms with Gasteiger partial charge < -0.3 is 9.47 Å². The highest BCUT2D eigenvalue weighted by atomic mass is 16.7. The van der Waals surface area contributed by atoms with Gasteiger partial charge in [-0.25, -0.2) is 0 Å². The molecule has 0 radical (unpaired) electrons. The Morgan fingerprint density at radius 1 is 1.42 bits per heavy atom. The van der Waals surface area contributed by atoms with Gasteiger partial charge in [-0.1, -0.05) is 0 Å². The molecular weight excluding hydrogens is 156 g/mol. The van der Waals surface area contributed by atoms with Crippen molar-refractivity contribution >= 4 is 5.78 Å². The van der Waals surface area contributed by atoms with Crippen molar-refractivity contribution in [2.24, 2.45) is 5.92 Å². The Labute approximate surface area is 73.0 Å². The molecule has 1 aliphatic rings. The van der Waals surface area contributed by atoms with Crippen molar-refractivity contribution in [2.45, 2.75) is 32.0 Å². The molecule has 1 rings (SSSR count). The van der Waals surface area contributed by atoms with Crippen molar-refractivity contribution in [3.63, 3.8) is 0 Å². The molecule has 3 nitrogen and oxygen atoms in total. The summed E-state index contributed by atoms with van der Waals surface area (Å²) in [5.41, 5.74) is 0. The standard InChI is InChI=1S/C9H16O3/c1-9(11-2,12-3)7-5-4-6-8(7)10/h7H,4-6H2,1-3H3. The number of carbonyl (C=O) groups excluding carboxylic acids is 1. The molecule has 1 saturated carbocycles. The number of ether oxygens (including phenoxy) is 2. The number of Topliss-reactive ketones (excluding diaryl/α,β-unsaturated/α-hetero) is 1. The van der Waals surface area contributed by atoms with Crippen molar-refractivity contribution in [3.8, 4) is 0 Å². The molecule has 1 atom stereocenters. The van der Waals surface area contributed by atoms with E-state index in [1.54, 1.807) is 14.2 Å². The van der Waals surface area contributed by atoms with Gasteiger partial charge in [-0.15, -0.1) is 0 Å². The smallest absolute Gasteiger partial charge is 0.174 e. The highest BCUT2D eigenvalue weighted by molar-refractivity contribution is 5.83. The van der Waals surface area contributed by atoms with Gasteiger partial charge in [0.1, 0.15) is 5.78 Å². The molecule has 1 unspecified atom stereocenters. The molecular formula is C9H16O3. The Hall–Kier alpha value is -0.410. The van der Waals surface area contributed by atoms with Crippen LogP contribution >= 0.6 is 0 Å². The van der Waals surface area contributed by atoms with E-state index in [2.05, 4.69) is 0 Å². The zero-order chi connectivity index (χ0) is 9.19. The van der Waals surface area contributed by atoms with Gasteiger partial charge >= 0.3 is 0 Å². The Bertz CT molecular complexity index is 173. The van der Waals surface area contributed by atoms with E-state index < -0.39 is 5.79 Å². The molecule has 0 aliphatic heterocycles. The van der Waals surface area contributed by atoms with Crippen LogP contribution in [0.1, 0.15) is 26.2 Å². The minimum absolute atomic E-state index is 0.0764. The summed E-state index contributed by atoms with van der Waals surface area (Å²) in [7, 11) is 3.16. The molecule has 0 N–H and O–H groups in total. The Kier molecular flexibility index (Phi) is 2.85. The van der Waals surface area contributed by atoms with Crippen LogP contribution in [0.25, 0.3) is 0 Å². The second-order valence-corrected chi connectivity index (χ2v) is 3.34. The molecule has 0 aromatic carbocycles. The van der Waals surface area contributed by atoms with Crippen LogP contribution in [-0.4, -0.2) is 25.8 Å². The molecule has 0 bridgehead atoms. The molecule has 12 heavy (non-hydrogen) atoms. The fourth-order valence-electron chi connectivity index (χ4n) is 1.74. The first kappa shape index (κ1) is 9.68. The minimum atomic E-state index is -0.715. The summed E-state index contributed by atoms with van der Waals surface area (Å²) in [4.78, 5) is 11.4. The maximum atomic E-state index is 11.4. The number of ketones is 1. The first-order chi connectivity index (χ1) is 5.64. The van der Waals surface area contributed by atoms with Crippen molar-refractivity contribution in [1.82, 2.24) is 0 Å². The zero-order valence-corrected chi connectivity index (χ0v) is 7.92. The fourth-order valence-corrected chi connectivity index (χ4v) is 1.74. The van der Waals surface area contributed by atoms with Gasteiger partial charge in [0.15, 0.2) is 5.79 Å². The molecule has 0 aromatic heterocycles. The lowest BCUT2D eigenvalue weighted by Crippen LogP contribution is -2.40. The van der Waals surface area contributed by atoms with Crippen molar-refractivity contribution in [3.05, 3.63) is 0 Å². The molecule has 70 valence electrons. The van der Waals surface area contributed by atoms with Crippen LogP contribution in [0.15, 0.2) is 0 Å².